The summed E-state index contributed by atoms with van der Waals surface area (Å²) >= 11 is 1.16. The topological polar surface area (TPSA) is 91.8 Å². The number of guanidine groups is 1. The molecule has 1 heterocycles. The molecule has 1 unspecified atom stereocenters. The van der Waals surface area contributed by atoms with E-state index in [-0.39, 0.29) is 46.5 Å². The van der Waals surface area contributed by atoms with Crippen LogP contribution in [0, 0.1) is 5.82 Å². The summed E-state index contributed by atoms with van der Waals surface area (Å²) in [7, 11) is -0.466. The van der Waals surface area contributed by atoms with Crippen molar-refractivity contribution in [2.45, 2.75) is 17.2 Å². The van der Waals surface area contributed by atoms with Crippen LogP contribution in [0.4, 0.5) is 4.39 Å². The third-order valence-electron chi connectivity index (χ3n) is 3.72. The van der Waals surface area contributed by atoms with Gasteiger partial charge in [0.1, 0.15) is 4.21 Å². The van der Waals surface area contributed by atoms with Crippen molar-refractivity contribution in [3.05, 3.63) is 47.1 Å². The van der Waals surface area contributed by atoms with Crippen molar-refractivity contribution in [1.82, 2.24) is 15.4 Å². The minimum atomic E-state index is -3.48. The van der Waals surface area contributed by atoms with Crippen molar-refractivity contribution in [1.29, 1.82) is 0 Å². The van der Waals surface area contributed by atoms with Crippen molar-refractivity contribution in [3.63, 3.8) is 0 Å². The molecule has 156 valence electrons. The average molecular weight is 542 g/mol. The Kier molecular flexibility index (Phi) is 10.1. The molecule has 28 heavy (non-hydrogen) atoms. The van der Waals surface area contributed by atoms with Crippen LogP contribution in [0.25, 0.3) is 0 Å². The van der Waals surface area contributed by atoms with E-state index in [1.54, 1.807) is 36.7 Å². The summed E-state index contributed by atoms with van der Waals surface area (Å²) in [5.74, 6) is 0.232. The minimum Gasteiger partial charge on any atom is -0.494 e. The monoisotopic (exact) mass is 542 g/mol. The number of hydrogen-bond acceptors (Lipinski definition) is 5. The normalized spacial score (nSPS) is 12.8. The zero-order chi connectivity index (χ0) is 19.9. The van der Waals surface area contributed by atoms with Gasteiger partial charge in [-0.2, -0.15) is 0 Å². The Morgan fingerprint density at radius 3 is 2.64 bits per heavy atom. The second kappa shape index (κ2) is 11.5. The van der Waals surface area contributed by atoms with Crippen LogP contribution in [0.1, 0.15) is 18.5 Å². The maximum absolute atomic E-state index is 13.8. The summed E-state index contributed by atoms with van der Waals surface area (Å²) < 4.78 is 45.6. The molecule has 0 spiro atoms. The van der Waals surface area contributed by atoms with Crippen LogP contribution < -0.4 is 20.1 Å². The first-order valence-corrected chi connectivity index (χ1v) is 10.6. The lowest BCUT2D eigenvalue weighted by atomic mass is 10.1. The molecule has 0 bridgehead atoms. The first-order chi connectivity index (χ1) is 12.9. The van der Waals surface area contributed by atoms with Crippen molar-refractivity contribution in [2.24, 2.45) is 4.99 Å². The van der Waals surface area contributed by atoms with Gasteiger partial charge in [0.25, 0.3) is 0 Å². The van der Waals surface area contributed by atoms with E-state index in [9.17, 15) is 12.8 Å². The van der Waals surface area contributed by atoms with Crippen LogP contribution in [0.2, 0.25) is 0 Å². The highest BCUT2D eigenvalue weighted by Crippen LogP contribution is 2.21. The maximum atomic E-state index is 13.8. The quantitative estimate of drug-likeness (QED) is 0.207. The van der Waals surface area contributed by atoms with Crippen LogP contribution in [0.3, 0.4) is 0 Å². The molecule has 11 heteroatoms. The molecular weight excluding hydrogens is 518 g/mol. The van der Waals surface area contributed by atoms with Crippen molar-refractivity contribution in [2.75, 3.05) is 27.2 Å². The minimum absolute atomic E-state index is 0. The Balaban J connectivity index is 0.00000392. The molecule has 1 atom stereocenters. The SMILES string of the molecule is CN=C(NCCNS(=O)(=O)c1cccs1)NC(C)c1ccc(OC)c(F)c1.I. The van der Waals surface area contributed by atoms with E-state index in [1.807, 2.05) is 6.92 Å². The van der Waals surface area contributed by atoms with Gasteiger partial charge in [0.15, 0.2) is 17.5 Å². The van der Waals surface area contributed by atoms with Crippen LogP contribution >= 0.6 is 35.3 Å². The van der Waals surface area contributed by atoms with Crippen molar-refractivity contribution < 1.29 is 17.5 Å². The van der Waals surface area contributed by atoms with Gasteiger partial charge in [0, 0.05) is 20.1 Å². The van der Waals surface area contributed by atoms with E-state index in [0.717, 1.165) is 16.9 Å². The zero-order valence-electron chi connectivity index (χ0n) is 15.7. The molecule has 0 radical (unpaired) electrons. The number of sulfonamides is 1. The van der Waals surface area contributed by atoms with Gasteiger partial charge < -0.3 is 15.4 Å². The molecule has 0 saturated heterocycles. The maximum Gasteiger partial charge on any atom is 0.250 e. The van der Waals surface area contributed by atoms with Gasteiger partial charge in [0.05, 0.1) is 13.2 Å². The van der Waals surface area contributed by atoms with Gasteiger partial charge in [-0.1, -0.05) is 12.1 Å². The van der Waals surface area contributed by atoms with Gasteiger partial charge in [-0.05, 0) is 36.1 Å². The van der Waals surface area contributed by atoms with E-state index in [0.29, 0.717) is 12.5 Å². The Morgan fingerprint density at radius 1 is 1.32 bits per heavy atom. The van der Waals surface area contributed by atoms with Gasteiger partial charge >= 0.3 is 0 Å². The molecule has 0 amide bonds. The molecule has 3 N–H and O–H groups in total. The van der Waals surface area contributed by atoms with E-state index in [1.165, 1.54) is 13.2 Å². The lowest BCUT2D eigenvalue weighted by Gasteiger charge is -2.19. The Hall–Kier alpha value is -1.44. The number of hydrogen-bond donors (Lipinski definition) is 3. The number of methoxy groups -OCH3 is 1. The summed E-state index contributed by atoms with van der Waals surface area (Å²) in [4.78, 5) is 4.09. The van der Waals surface area contributed by atoms with Gasteiger partial charge in [-0.15, -0.1) is 35.3 Å². The summed E-state index contributed by atoms with van der Waals surface area (Å²) in [5.41, 5.74) is 0.731. The smallest absolute Gasteiger partial charge is 0.250 e. The van der Waals surface area contributed by atoms with Crippen LogP contribution in [0.15, 0.2) is 44.9 Å². The average Bonchev–Trinajstić information content (AvgIpc) is 3.19. The molecule has 0 fully saturated rings. The van der Waals surface area contributed by atoms with Crippen LogP contribution in [-0.4, -0.2) is 41.6 Å². The number of nitrogens with zero attached hydrogens (tertiary/aromatic N) is 1. The van der Waals surface area contributed by atoms with Gasteiger partial charge in [-0.25, -0.2) is 17.5 Å². The fraction of sp³-hybridized carbons (Fsp3) is 0.353. The lowest BCUT2D eigenvalue weighted by molar-refractivity contribution is 0.386. The highest BCUT2D eigenvalue weighted by atomic mass is 127. The number of aliphatic imine (C=N–C) groups is 1. The van der Waals surface area contributed by atoms with Gasteiger partial charge in [-0.3, -0.25) is 4.99 Å². The Labute approximate surface area is 185 Å². The standard InChI is InChI=1S/C17H23FN4O3S2.HI/c1-12(13-6-7-15(25-3)14(18)11-13)22-17(19-2)20-8-9-21-27(23,24)16-5-4-10-26-16;/h4-7,10-12,21H,8-9H2,1-3H3,(H2,19,20,22);1H. The first kappa shape index (κ1) is 24.6. The lowest BCUT2D eigenvalue weighted by Crippen LogP contribution is -2.42. The third-order valence-corrected chi connectivity index (χ3v) is 6.58. The number of halogens is 2. The number of ether oxygens (including phenoxy) is 1. The zero-order valence-corrected chi connectivity index (χ0v) is 19.7. The number of nitrogens with one attached hydrogen (secondary N) is 3. The van der Waals surface area contributed by atoms with Crippen LogP contribution in [-0.2, 0) is 10.0 Å². The number of rotatable bonds is 8. The van der Waals surface area contributed by atoms with Crippen molar-refractivity contribution >= 4 is 51.3 Å². The Bertz CT molecular complexity index is 877. The summed E-state index contributed by atoms with van der Waals surface area (Å²) in [6.45, 7) is 2.41. The molecule has 1 aromatic carbocycles. The summed E-state index contributed by atoms with van der Waals surface area (Å²) in [6.07, 6.45) is 0. The van der Waals surface area contributed by atoms with Gasteiger partial charge in [0.2, 0.25) is 10.0 Å². The molecule has 0 saturated carbocycles. The largest absolute Gasteiger partial charge is 0.494 e. The molecular formula is C17H24FIN4O3S2. The number of benzene rings is 1. The molecule has 0 aliphatic rings. The highest BCUT2D eigenvalue weighted by Gasteiger charge is 2.14. The van der Waals surface area contributed by atoms with E-state index in [2.05, 4.69) is 20.3 Å². The predicted molar refractivity (Wildman–Crippen MR) is 121 cm³/mol. The van der Waals surface area contributed by atoms with E-state index in [4.69, 9.17) is 4.74 Å². The number of thiophene rings is 1. The summed E-state index contributed by atoms with van der Waals surface area (Å²) in [5, 5.41) is 7.86. The fourth-order valence-corrected chi connectivity index (χ4v) is 4.36. The first-order valence-electron chi connectivity index (χ1n) is 8.21. The second-order valence-corrected chi connectivity index (χ2v) is 8.53. The molecule has 7 nitrogen and oxygen atoms in total. The molecule has 0 aliphatic carbocycles. The van der Waals surface area contributed by atoms with E-state index < -0.39 is 15.8 Å². The third kappa shape index (κ3) is 6.87. The molecule has 0 aliphatic heterocycles. The predicted octanol–water partition coefficient (Wildman–Crippen LogP) is 2.72. The van der Waals surface area contributed by atoms with Crippen molar-refractivity contribution in [3.8, 4) is 5.75 Å². The van der Waals surface area contributed by atoms with E-state index >= 15 is 0 Å². The second-order valence-electron chi connectivity index (χ2n) is 5.59. The molecule has 2 rings (SSSR count). The summed E-state index contributed by atoms with van der Waals surface area (Å²) in [6, 6.07) is 7.77. The highest BCUT2D eigenvalue weighted by molar-refractivity contribution is 14.0. The molecule has 1 aromatic heterocycles. The fourth-order valence-electron chi connectivity index (χ4n) is 2.29. The molecule has 2 aromatic rings. The Morgan fingerprint density at radius 2 is 2.07 bits per heavy atom. The van der Waals surface area contributed by atoms with Crippen LogP contribution in [0.5, 0.6) is 5.75 Å².